The van der Waals surface area contributed by atoms with E-state index >= 15 is 0 Å². The molecule has 134 valence electrons. The van der Waals surface area contributed by atoms with Crippen LogP contribution < -0.4 is 0 Å². The number of nitrogens with one attached hydrogen (secondary N) is 2. The second-order valence-electron chi connectivity index (χ2n) is 6.50. The number of hydrogen-bond acceptors (Lipinski definition) is 4. The van der Waals surface area contributed by atoms with Crippen molar-refractivity contribution in [1.29, 1.82) is 0 Å². The molecule has 4 rings (SSSR count). The third kappa shape index (κ3) is 2.90. The number of hydrogen-bond donors (Lipinski definition) is 2. The smallest absolute Gasteiger partial charge is 0.275 e. The van der Waals surface area contributed by atoms with Crippen LogP contribution in [0.25, 0.3) is 11.3 Å². The Morgan fingerprint density at radius 3 is 2.85 bits per heavy atom. The molecular weight excluding hydrogens is 330 g/mol. The Bertz CT molecular complexity index is 915. The lowest BCUT2D eigenvalue weighted by Gasteiger charge is -2.24. The van der Waals surface area contributed by atoms with Crippen LogP contribution in [0.2, 0.25) is 0 Å². The minimum absolute atomic E-state index is 0.128. The molecule has 0 saturated carbocycles. The molecule has 0 saturated heterocycles. The summed E-state index contributed by atoms with van der Waals surface area (Å²) in [6.45, 7) is 3.05. The van der Waals surface area contributed by atoms with Gasteiger partial charge in [-0.2, -0.15) is 10.2 Å². The predicted octanol–water partition coefficient (Wildman–Crippen LogP) is 2.71. The van der Waals surface area contributed by atoms with Gasteiger partial charge in [-0.25, -0.2) is 0 Å². The van der Waals surface area contributed by atoms with Crippen LogP contribution in [0.5, 0.6) is 0 Å². The van der Waals surface area contributed by atoms with E-state index < -0.39 is 0 Å². The first-order valence-corrected chi connectivity index (χ1v) is 8.67. The molecule has 26 heavy (non-hydrogen) atoms. The Hall–Kier alpha value is -2.93. The van der Waals surface area contributed by atoms with Gasteiger partial charge in [-0.15, -0.1) is 0 Å². The number of rotatable bonds is 4. The van der Waals surface area contributed by atoms with Crippen molar-refractivity contribution >= 4 is 5.91 Å². The van der Waals surface area contributed by atoms with E-state index in [2.05, 4.69) is 20.4 Å². The number of amides is 1. The van der Waals surface area contributed by atoms with Gasteiger partial charge in [-0.1, -0.05) is 30.3 Å². The number of ether oxygens (including phenoxy) is 1. The molecule has 1 aromatic carbocycles. The van der Waals surface area contributed by atoms with Crippen LogP contribution in [0.3, 0.4) is 0 Å². The van der Waals surface area contributed by atoms with E-state index in [-0.39, 0.29) is 11.9 Å². The molecule has 2 N–H and O–H groups in total. The van der Waals surface area contributed by atoms with Gasteiger partial charge in [-0.3, -0.25) is 15.0 Å². The fourth-order valence-electron chi connectivity index (χ4n) is 3.15. The largest absolute Gasteiger partial charge is 0.376 e. The number of H-pyrrole nitrogens is 2. The van der Waals surface area contributed by atoms with Gasteiger partial charge in [0.05, 0.1) is 30.6 Å². The third-order valence-corrected chi connectivity index (χ3v) is 4.92. The molecule has 3 heterocycles. The van der Waals surface area contributed by atoms with Crippen molar-refractivity contribution < 1.29 is 9.53 Å². The number of aromatic amines is 2. The summed E-state index contributed by atoms with van der Waals surface area (Å²) in [7, 11) is 1.78. The Balaban J connectivity index is 1.55. The monoisotopic (exact) mass is 351 g/mol. The molecule has 1 aliphatic rings. The summed E-state index contributed by atoms with van der Waals surface area (Å²) in [4.78, 5) is 14.6. The first-order chi connectivity index (χ1) is 12.6. The number of nitrogens with zero attached hydrogens (tertiary/aromatic N) is 3. The lowest BCUT2D eigenvalue weighted by molar-refractivity contribution is 0.0720. The van der Waals surface area contributed by atoms with Gasteiger partial charge in [0.1, 0.15) is 0 Å². The molecule has 2 aromatic heterocycles. The summed E-state index contributed by atoms with van der Waals surface area (Å²) < 4.78 is 5.48. The lowest BCUT2D eigenvalue weighted by atomic mass is 10.1. The molecule has 0 bridgehead atoms. The fourth-order valence-corrected chi connectivity index (χ4v) is 3.15. The number of benzene rings is 1. The highest BCUT2D eigenvalue weighted by molar-refractivity contribution is 5.94. The van der Waals surface area contributed by atoms with E-state index in [0.29, 0.717) is 18.9 Å². The van der Waals surface area contributed by atoms with Crippen LogP contribution in [0.15, 0.2) is 36.4 Å². The van der Waals surface area contributed by atoms with Crippen molar-refractivity contribution in [3.63, 3.8) is 0 Å². The topological polar surface area (TPSA) is 86.9 Å². The van der Waals surface area contributed by atoms with Gasteiger partial charge in [0, 0.05) is 30.3 Å². The summed E-state index contributed by atoms with van der Waals surface area (Å²) >= 11 is 0. The second-order valence-corrected chi connectivity index (χ2v) is 6.50. The van der Waals surface area contributed by atoms with Crippen molar-refractivity contribution in [3.05, 3.63) is 59.0 Å². The van der Waals surface area contributed by atoms with E-state index in [1.54, 1.807) is 11.9 Å². The van der Waals surface area contributed by atoms with Gasteiger partial charge in [0.15, 0.2) is 5.69 Å². The maximum atomic E-state index is 12.9. The van der Waals surface area contributed by atoms with Crippen molar-refractivity contribution in [2.45, 2.75) is 26.0 Å². The zero-order chi connectivity index (χ0) is 18.1. The highest BCUT2D eigenvalue weighted by Gasteiger charge is 2.27. The molecule has 1 atom stereocenters. The van der Waals surface area contributed by atoms with E-state index in [4.69, 9.17) is 4.74 Å². The molecule has 3 aromatic rings. The van der Waals surface area contributed by atoms with Gasteiger partial charge >= 0.3 is 0 Å². The van der Waals surface area contributed by atoms with Crippen LogP contribution in [0.4, 0.5) is 0 Å². The van der Waals surface area contributed by atoms with E-state index in [9.17, 15) is 4.79 Å². The molecule has 0 spiro atoms. The van der Waals surface area contributed by atoms with Crippen LogP contribution in [0.1, 0.15) is 40.4 Å². The van der Waals surface area contributed by atoms with Crippen molar-refractivity contribution in [3.8, 4) is 11.3 Å². The second kappa shape index (κ2) is 6.76. The maximum absolute atomic E-state index is 12.9. The quantitative estimate of drug-likeness (QED) is 0.757. The van der Waals surface area contributed by atoms with Gasteiger partial charge < -0.3 is 9.64 Å². The first-order valence-electron chi connectivity index (χ1n) is 8.67. The number of fused-ring (bicyclic) bond motifs is 1. The standard InChI is InChI=1S/C19H21N5O2/c1-12(16-10-17(22-21-16)13-6-4-3-5-7-13)24(2)19(25)18-14-11-26-9-8-15(14)20-23-18/h3-7,10,12H,8-9,11H2,1-2H3,(H,20,23)(H,21,22). The molecule has 7 nitrogen and oxygen atoms in total. The van der Waals surface area contributed by atoms with Crippen molar-refractivity contribution in [2.75, 3.05) is 13.7 Å². The van der Waals surface area contributed by atoms with Gasteiger partial charge in [0.25, 0.3) is 5.91 Å². The molecule has 7 heteroatoms. The van der Waals surface area contributed by atoms with E-state index in [0.717, 1.165) is 34.6 Å². The molecular formula is C19H21N5O2. The number of carbonyl (C=O) groups excluding carboxylic acids is 1. The lowest BCUT2D eigenvalue weighted by Crippen LogP contribution is -2.31. The third-order valence-electron chi connectivity index (χ3n) is 4.92. The SMILES string of the molecule is CC(c1cc(-c2ccccc2)n[nH]1)N(C)C(=O)c1n[nH]c2c1COCC2. The Kier molecular flexibility index (Phi) is 4.30. The summed E-state index contributed by atoms with van der Waals surface area (Å²) in [6.07, 6.45) is 0.760. The van der Waals surface area contributed by atoms with Gasteiger partial charge in [-0.05, 0) is 13.0 Å². The molecule has 0 fully saturated rings. The first kappa shape index (κ1) is 16.5. The summed E-state index contributed by atoms with van der Waals surface area (Å²) in [5.74, 6) is -0.128. The Labute approximate surface area is 151 Å². The average molecular weight is 351 g/mol. The maximum Gasteiger partial charge on any atom is 0.275 e. The van der Waals surface area contributed by atoms with E-state index in [1.165, 1.54) is 0 Å². The minimum Gasteiger partial charge on any atom is -0.376 e. The number of aromatic nitrogens is 4. The zero-order valence-electron chi connectivity index (χ0n) is 14.8. The van der Waals surface area contributed by atoms with Crippen LogP contribution in [-0.2, 0) is 17.8 Å². The summed E-state index contributed by atoms with van der Waals surface area (Å²) in [6, 6.07) is 11.8. The molecule has 1 unspecified atom stereocenters. The highest BCUT2D eigenvalue weighted by atomic mass is 16.5. The van der Waals surface area contributed by atoms with Crippen molar-refractivity contribution in [1.82, 2.24) is 25.3 Å². The molecule has 0 aliphatic carbocycles. The van der Waals surface area contributed by atoms with Gasteiger partial charge in [0.2, 0.25) is 0 Å². The summed E-state index contributed by atoms with van der Waals surface area (Å²) in [5.41, 5.74) is 5.08. The van der Waals surface area contributed by atoms with E-state index in [1.807, 2.05) is 43.3 Å². The van der Waals surface area contributed by atoms with Crippen LogP contribution >= 0.6 is 0 Å². The average Bonchev–Trinajstić information content (AvgIpc) is 3.34. The molecule has 1 aliphatic heterocycles. The Morgan fingerprint density at radius 2 is 2.04 bits per heavy atom. The predicted molar refractivity (Wildman–Crippen MR) is 96.5 cm³/mol. The summed E-state index contributed by atoms with van der Waals surface area (Å²) in [5, 5.41) is 14.6. The number of carbonyl (C=O) groups is 1. The normalized spacial score (nSPS) is 14.7. The molecule has 0 radical (unpaired) electrons. The Morgan fingerprint density at radius 1 is 1.23 bits per heavy atom. The molecule has 1 amide bonds. The zero-order valence-corrected chi connectivity index (χ0v) is 14.8. The van der Waals surface area contributed by atoms with Crippen LogP contribution in [0, 0.1) is 0 Å². The minimum atomic E-state index is -0.163. The van der Waals surface area contributed by atoms with Crippen molar-refractivity contribution in [2.24, 2.45) is 0 Å². The highest BCUT2D eigenvalue weighted by Crippen LogP contribution is 2.25. The fraction of sp³-hybridized carbons (Fsp3) is 0.316. The van der Waals surface area contributed by atoms with Crippen LogP contribution in [-0.4, -0.2) is 44.9 Å².